The lowest BCUT2D eigenvalue weighted by Crippen LogP contribution is -2.24. The molecule has 0 aliphatic rings. The number of aromatic nitrogens is 1. The molecule has 7 nitrogen and oxygen atoms in total. The fourth-order valence-electron chi connectivity index (χ4n) is 3.18. The first-order valence-corrected chi connectivity index (χ1v) is 9.83. The van der Waals surface area contributed by atoms with Crippen molar-refractivity contribution in [1.29, 1.82) is 0 Å². The molecule has 164 valence electrons. The van der Waals surface area contributed by atoms with Crippen molar-refractivity contribution in [2.45, 2.75) is 19.8 Å². The summed E-state index contributed by atoms with van der Waals surface area (Å²) in [7, 11) is 0. The minimum Gasteiger partial charge on any atom is -0.478 e. The predicted octanol–water partition coefficient (Wildman–Crippen LogP) is 4.48. The van der Waals surface area contributed by atoms with Gasteiger partial charge >= 0.3 is 5.97 Å². The molecule has 0 saturated heterocycles. The summed E-state index contributed by atoms with van der Waals surface area (Å²) < 4.78 is 13.8. The number of rotatable bonds is 6. The van der Waals surface area contributed by atoms with E-state index in [1.807, 2.05) is 0 Å². The summed E-state index contributed by atoms with van der Waals surface area (Å²) in [6.45, 7) is 2.90. The van der Waals surface area contributed by atoms with E-state index in [1.165, 1.54) is 32.2 Å². The molecule has 0 aliphatic carbocycles. The van der Waals surface area contributed by atoms with Gasteiger partial charge in [-0.1, -0.05) is 11.6 Å². The number of H-pyrrole nitrogens is 1. The standard InChI is InChI=1S/C23H18ClFN2O5/c1-11(22(30)27-14-4-6-16(23(31)32)19(25)8-14)18-10-26-20(9-21(18)29)17-7-13(24)3-5-15(17)12(2)28/h3-11H,1-2H3,(H,26,29)(H,27,30)(H,31,32). The zero-order chi connectivity index (χ0) is 23.6. The molecular formula is C23H18ClFN2O5. The summed E-state index contributed by atoms with van der Waals surface area (Å²) in [6.07, 6.45) is 1.38. The predicted molar refractivity (Wildman–Crippen MR) is 118 cm³/mol. The number of hydrogen-bond donors (Lipinski definition) is 3. The zero-order valence-electron chi connectivity index (χ0n) is 17.0. The van der Waals surface area contributed by atoms with Crippen LogP contribution in [0.2, 0.25) is 5.02 Å². The number of carboxylic acids is 1. The normalized spacial score (nSPS) is 11.6. The Morgan fingerprint density at radius 3 is 2.38 bits per heavy atom. The summed E-state index contributed by atoms with van der Waals surface area (Å²) >= 11 is 6.03. The highest BCUT2D eigenvalue weighted by Gasteiger charge is 2.21. The van der Waals surface area contributed by atoms with Crippen LogP contribution in [-0.4, -0.2) is 27.8 Å². The highest BCUT2D eigenvalue weighted by Crippen LogP contribution is 2.26. The SMILES string of the molecule is CC(=O)c1ccc(Cl)cc1-c1cc(=O)c(C(C)C(=O)Nc2ccc(C(=O)O)c(F)c2)c[nH]1. The summed E-state index contributed by atoms with van der Waals surface area (Å²) in [5.74, 6) is -4.10. The molecule has 3 aromatic rings. The van der Waals surface area contributed by atoms with Crippen LogP contribution in [0.25, 0.3) is 11.3 Å². The maximum Gasteiger partial charge on any atom is 0.338 e. The monoisotopic (exact) mass is 456 g/mol. The van der Waals surface area contributed by atoms with Crippen molar-refractivity contribution in [2.24, 2.45) is 0 Å². The summed E-state index contributed by atoms with van der Waals surface area (Å²) in [5.41, 5.74) is 0.459. The molecule has 0 aliphatic heterocycles. The van der Waals surface area contributed by atoms with Crippen LogP contribution in [0.1, 0.15) is 46.0 Å². The van der Waals surface area contributed by atoms with Gasteiger partial charge in [-0.05, 0) is 50.2 Å². The lowest BCUT2D eigenvalue weighted by atomic mass is 9.98. The van der Waals surface area contributed by atoms with Gasteiger partial charge in [-0.2, -0.15) is 0 Å². The van der Waals surface area contributed by atoms with Gasteiger partial charge in [0.1, 0.15) is 5.82 Å². The number of aromatic amines is 1. The van der Waals surface area contributed by atoms with E-state index in [0.29, 0.717) is 21.8 Å². The van der Waals surface area contributed by atoms with Crippen LogP contribution in [0.3, 0.4) is 0 Å². The zero-order valence-corrected chi connectivity index (χ0v) is 17.8. The number of anilines is 1. The second kappa shape index (κ2) is 9.15. The molecule has 0 fully saturated rings. The summed E-state index contributed by atoms with van der Waals surface area (Å²) in [5, 5.41) is 11.7. The van der Waals surface area contributed by atoms with Gasteiger partial charge < -0.3 is 15.4 Å². The van der Waals surface area contributed by atoms with E-state index in [2.05, 4.69) is 10.3 Å². The van der Waals surface area contributed by atoms with E-state index < -0.39 is 34.6 Å². The van der Waals surface area contributed by atoms with E-state index >= 15 is 0 Å². The fraction of sp³-hybridized carbons (Fsp3) is 0.130. The molecule has 1 atom stereocenters. The molecule has 0 bridgehead atoms. The first-order valence-electron chi connectivity index (χ1n) is 9.45. The highest BCUT2D eigenvalue weighted by molar-refractivity contribution is 6.31. The van der Waals surface area contributed by atoms with Gasteiger partial charge in [-0.25, -0.2) is 9.18 Å². The molecule has 1 heterocycles. The third-order valence-electron chi connectivity index (χ3n) is 4.92. The van der Waals surface area contributed by atoms with E-state index in [4.69, 9.17) is 16.7 Å². The van der Waals surface area contributed by atoms with Crippen LogP contribution in [-0.2, 0) is 4.79 Å². The van der Waals surface area contributed by atoms with E-state index in [-0.39, 0.29) is 17.0 Å². The molecule has 9 heteroatoms. The molecule has 3 rings (SSSR count). The Bertz CT molecular complexity index is 1300. The van der Waals surface area contributed by atoms with Crippen molar-refractivity contribution >= 4 is 34.9 Å². The number of Topliss-reactive ketones (excluding diaryl/α,β-unsaturated/α-hetero) is 1. The number of carbonyl (C=O) groups excluding carboxylic acids is 2. The average molecular weight is 457 g/mol. The summed E-state index contributed by atoms with van der Waals surface area (Å²) in [6, 6.07) is 9.17. The van der Waals surface area contributed by atoms with E-state index in [9.17, 15) is 23.6 Å². The Morgan fingerprint density at radius 2 is 1.78 bits per heavy atom. The summed E-state index contributed by atoms with van der Waals surface area (Å²) in [4.78, 5) is 51.0. The lowest BCUT2D eigenvalue weighted by Gasteiger charge is -2.14. The van der Waals surface area contributed by atoms with Crippen LogP contribution in [0.4, 0.5) is 10.1 Å². The third-order valence-corrected chi connectivity index (χ3v) is 5.16. The third kappa shape index (κ3) is 4.76. The molecular weight excluding hydrogens is 439 g/mol. The second-order valence-corrected chi connectivity index (χ2v) is 7.56. The van der Waals surface area contributed by atoms with E-state index in [0.717, 1.165) is 12.1 Å². The maximum absolute atomic E-state index is 13.8. The van der Waals surface area contributed by atoms with Crippen molar-refractivity contribution in [3.8, 4) is 11.3 Å². The number of benzene rings is 2. The minimum atomic E-state index is -1.42. The Kier molecular flexibility index (Phi) is 6.55. The van der Waals surface area contributed by atoms with Gasteiger partial charge in [-0.3, -0.25) is 14.4 Å². The molecule has 0 saturated carbocycles. The number of amides is 1. The number of ketones is 1. The number of carboxylic acid groups (broad SMARTS) is 1. The topological polar surface area (TPSA) is 116 Å². The van der Waals surface area contributed by atoms with Gasteiger partial charge in [0.2, 0.25) is 5.91 Å². The Morgan fingerprint density at radius 1 is 1.09 bits per heavy atom. The molecule has 1 amide bonds. The average Bonchev–Trinajstić information content (AvgIpc) is 2.72. The van der Waals surface area contributed by atoms with Gasteiger partial charge in [0.25, 0.3) is 0 Å². The quantitative estimate of drug-likeness (QED) is 0.473. The number of halogens is 2. The Balaban J connectivity index is 1.87. The fourth-order valence-corrected chi connectivity index (χ4v) is 3.35. The molecule has 1 unspecified atom stereocenters. The number of nitrogens with one attached hydrogen (secondary N) is 2. The van der Waals surface area contributed by atoms with Gasteiger partial charge in [0, 0.05) is 39.7 Å². The Labute approximate surface area is 186 Å². The molecule has 3 N–H and O–H groups in total. The van der Waals surface area contributed by atoms with Crippen molar-refractivity contribution in [2.75, 3.05) is 5.32 Å². The van der Waals surface area contributed by atoms with Crippen LogP contribution in [0.5, 0.6) is 0 Å². The number of carbonyl (C=O) groups is 3. The first-order chi connectivity index (χ1) is 15.1. The number of hydrogen-bond acceptors (Lipinski definition) is 4. The van der Waals surface area contributed by atoms with Crippen LogP contribution in [0.15, 0.2) is 53.5 Å². The van der Waals surface area contributed by atoms with Crippen LogP contribution >= 0.6 is 11.6 Å². The van der Waals surface area contributed by atoms with Gasteiger partial charge in [-0.15, -0.1) is 0 Å². The van der Waals surface area contributed by atoms with E-state index in [1.54, 1.807) is 18.2 Å². The number of pyridine rings is 1. The van der Waals surface area contributed by atoms with Crippen molar-refractivity contribution < 1.29 is 23.9 Å². The Hall–Kier alpha value is -3.78. The number of aromatic carboxylic acids is 1. The molecule has 0 radical (unpaired) electrons. The highest BCUT2D eigenvalue weighted by atomic mass is 35.5. The molecule has 2 aromatic carbocycles. The second-order valence-electron chi connectivity index (χ2n) is 7.12. The van der Waals surface area contributed by atoms with Crippen molar-refractivity contribution in [3.63, 3.8) is 0 Å². The minimum absolute atomic E-state index is 0.0578. The first kappa shape index (κ1) is 22.9. The molecule has 1 aromatic heterocycles. The largest absolute Gasteiger partial charge is 0.478 e. The smallest absolute Gasteiger partial charge is 0.338 e. The molecule has 32 heavy (non-hydrogen) atoms. The molecule has 0 spiro atoms. The van der Waals surface area contributed by atoms with Gasteiger partial charge in [0.15, 0.2) is 11.2 Å². The van der Waals surface area contributed by atoms with Crippen molar-refractivity contribution in [1.82, 2.24) is 4.98 Å². The van der Waals surface area contributed by atoms with Crippen molar-refractivity contribution in [3.05, 3.63) is 86.4 Å². The van der Waals surface area contributed by atoms with Gasteiger partial charge in [0.05, 0.1) is 17.2 Å². The lowest BCUT2D eigenvalue weighted by molar-refractivity contribution is -0.117. The van der Waals surface area contributed by atoms with Crippen LogP contribution in [0, 0.1) is 5.82 Å². The van der Waals surface area contributed by atoms with Crippen LogP contribution < -0.4 is 10.7 Å². The maximum atomic E-state index is 13.8.